The zero-order valence-corrected chi connectivity index (χ0v) is 14.5. The maximum absolute atomic E-state index is 12.0. The van der Waals surface area contributed by atoms with Crippen molar-refractivity contribution in [2.24, 2.45) is 0 Å². The van der Waals surface area contributed by atoms with E-state index in [2.05, 4.69) is 20.2 Å². The van der Waals surface area contributed by atoms with Gasteiger partial charge in [0.1, 0.15) is 5.52 Å². The van der Waals surface area contributed by atoms with E-state index in [0.29, 0.717) is 18.9 Å². The Hall–Kier alpha value is -2.68. The summed E-state index contributed by atoms with van der Waals surface area (Å²) < 4.78 is 9.09. The summed E-state index contributed by atoms with van der Waals surface area (Å²) in [5, 5.41) is 11.2. The highest BCUT2D eigenvalue weighted by atomic mass is 16.5. The predicted molar refractivity (Wildman–Crippen MR) is 91.7 cm³/mol. The van der Waals surface area contributed by atoms with Crippen molar-refractivity contribution in [3.63, 3.8) is 0 Å². The molecule has 0 radical (unpaired) electrons. The maximum atomic E-state index is 12.0. The highest BCUT2D eigenvalue weighted by Gasteiger charge is 2.38. The molecule has 2 atom stereocenters. The Morgan fingerprint density at radius 1 is 1.44 bits per heavy atom. The number of H-pyrrole nitrogens is 1. The van der Waals surface area contributed by atoms with Crippen LogP contribution < -0.4 is 10.6 Å². The Balaban J connectivity index is 1.85. The van der Waals surface area contributed by atoms with Crippen LogP contribution in [-0.2, 0) is 11.3 Å². The number of aromatic amines is 1. The molecule has 4 rings (SSSR count). The van der Waals surface area contributed by atoms with Gasteiger partial charge in [-0.3, -0.25) is 4.57 Å². The number of aromatic nitrogens is 6. The van der Waals surface area contributed by atoms with Crippen LogP contribution in [0.3, 0.4) is 0 Å². The summed E-state index contributed by atoms with van der Waals surface area (Å²) in [6.07, 6.45) is 4.45. The fourth-order valence-electron chi connectivity index (χ4n) is 3.57. The molecule has 25 heavy (non-hydrogen) atoms. The van der Waals surface area contributed by atoms with Crippen molar-refractivity contribution in [2.45, 2.75) is 39.0 Å². The molecule has 4 heterocycles. The van der Waals surface area contributed by atoms with E-state index < -0.39 is 0 Å². The normalized spacial score (nSPS) is 20.7. The quantitative estimate of drug-likeness (QED) is 0.757. The number of nitrogens with one attached hydrogen (secondary N) is 1. The second-order valence-electron chi connectivity index (χ2n) is 6.26. The van der Waals surface area contributed by atoms with Crippen molar-refractivity contribution < 1.29 is 4.74 Å². The highest BCUT2D eigenvalue weighted by molar-refractivity contribution is 5.69. The number of anilines is 1. The minimum atomic E-state index is -0.190. The van der Waals surface area contributed by atoms with Crippen LogP contribution in [0.15, 0.2) is 23.3 Å². The molecule has 1 saturated heterocycles. The van der Waals surface area contributed by atoms with Crippen LogP contribution in [0.1, 0.15) is 30.9 Å². The molecular weight excluding hydrogens is 322 g/mol. The van der Waals surface area contributed by atoms with Gasteiger partial charge in [-0.05, 0) is 19.9 Å². The molecule has 0 amide bonds. The van der Waals surface area contributed by atoms with Crippen molar-refractivity contribution in [3.8, 4) is 0 Å². The Morgan fingerprint density at radius 3 is 3.04 bits per heavy atom. The van der Waals surface area contributed by atoms with Crippen LogP contribution in [0.25, 0.3) is 5.52 Å². The van der Waals surface area contributed by atoms with Gasteiger partial charge in [0.2, 0.25) is 0 Å². The summed E-state index contributed by atoms with van der Waals surface area (Å²) in [6.45, 7) is 5.13. The zero-order valence-electron chi connectivity index (χ0n) is 14.5. The summed E-state index contributed by atoms with van der Waals surface area (Å²) in [5.74, 6) is 1.55. The van der Waals surface area contributed by atoms with E-state index in [1.807, 2.05) is 30.6 Å². The van der Waals surface area contributed by atoms with Crippen LogP contribution in [0.5, 0.6) is 0 Å². The minimum Gasteiger partial charge on any atom is -0.380 e. The van der Waals surface area contributed by atoms with E-state index in [0.717, 1.165) is 23.4 Å². The van der Waals surface area contributed by atoms with E-state index in [-0.39, 0.29) is 17.8 Å². The van der Waals surface area contributed by atoms with Crippen molar-refractivity contribution in [3.05, 3.63) is 40.5 Å². The standard InChI is InChI=1S/C16H21N7O2/c1-4-21-15(19-20-16(21)24)13-7-11(25-3)9-22(13)14-12-5-6-17-23(12)8-10(2)18-14/h5-6,8,11,13H,4,7,9H2,1-3H3,(H,20,24)/t11-,13-/m0/s1. The third-order valence-electron chi connectivity index (χ3n) is 4.76. The first kappa shape index (κ1) is 15.8. The number of methoxy groups -OCH3 is 1. The number of fused-ring (bicyclic) bond motifs is 1. The van der Waals surface area contributed by atoms with E-state index in [1.54, 1.807) is 17.9 Å². The van der Waals surface area contributed by atoms with Gasteiger partial charge in [0, 0.05) is 26.6 Å². The molecule has 0 saturated carbocycles. The van der Waals surface area contributed by atoms with E-state index in [4.69, 9.17) is 9.72 Å². The molecule has 1 fully saturated rings. The number of nitrogens with zero attached hydrogens (tertiary/aromatic N) is 6. The molecule has 9 heteroatoms. The van der Waals surface area contributed by atoms with E-state index in [1.165, 1.54) is 0 Å². The number of hydrogen-bond acceptors (Lipinski definition) is 6. The third kappa shape index (κ3) is 2.51. The molecule has 3 aromatic heterocycles. The van der Waals surface area contributed by atoms with Crippen molar-refractivity contribution in [1.29, 1.82) is 0 Å². The number of hydrogen-bond donors (Lipinski definition) is 1. The average Bonchev–Trinajstić information content (AvgIpc) is 3.30. The molecule has 1 N–H and O–H groups in total. The molecular formula is C16H21N7O2. The van der Waals surface area contributed by atoms with Gasteiger partial charge in [0.25, 0.3) is 0 Å². The second kappa shape index (κ2) is 5.99. The summed E-state index contributed by atoms with van der Waals surface area (Å²) in [6, 6.07) is 1.85. The van der Waals surface area contributed by atoms with Crippen LogP contribution >= 0.6 is 0 Å². The van der Waals surface area contributed by atoms with E-state index in [9.17, 15) is 4.79 Å². The van der Waals surface area contributed by atoms with Crippen LogP contribution in [-0.4, -0.2) is 49.1 Å². The molecule has 3 aromatic rings. The van der Waals surface area contributed by atoms with Crippen LogP contribution in [0, 0.1) is 6.92 Å². The van der Waals surface area contributed by atoms with Crippen molar-refractivity contribution >= 4 is 11.3 Å². The van der Waals surface area contributed by atoms with Gasteiger partial charge in [-0.25, -0.2) is 19.4 Å². The van der Waals surface area contributed by atoms with Crippen molar-refractivity contribution in [1.82, 2.24) is 29.4 Å². The van der Waals surface area contributed by atoms with Gasteiger partial charge in [-0.1, -0.05) is 0 Å². The highest BCUT2D eigenvalue weighted by Crippen LogP contribution is 2.37. The Kier molecular flexibility index (Phi) is 3.79. The summed E-state index contributed by atoms with van der Waals surface area (Å²) in [5.41, 5.74) is 1.61. The average molecular weight is 343 g/mol. The minimum absolute atomic E-state index is 0.0485. The summed E-state index contributed by atoms with van der Waals surface area (Å²) >= 11 is 0. The number of aryl methyl sites for hydroxylation is 1. The lowest BCUT2D eigenvalue weighted by Crippen LogP contribution is -2.29. The van der Waals surface area contributed by atoms with Gasteiger partial charge < -0.3 is 9.64 Å². The van der Waals surface area contributed by atoms with E-state index >= 15 is 0 Å². The SMILES string of the molecule is CCn1c([C@@H]2C[C@H](OC)CN2c2nc(C)cn3nccc23)n[nH]c1=O. The molecule has 1 aliphatic rings. The topological polar surface area (TPSA) is 93.3 Å². The van der Waals surface area contributed by atoms with Gasteiger partial charge >= 0.3 is 5.69 Å². The molecule has 0 aromatic carbocycles. The van der Waals surface area contributed by atoms with Gasteiger partial charge in [0.05, 0.1) is 30.2 Å². The predicted octanol–water partition coefficient (Wildman–Crippen LogP) is 0.909. The maximum Gasteiger partial charge on any atom is 0.343 e. The molecule has 1 aliphatic heterocycles. The smallest absolute Gasteiger partial charge is 0.343 e. The first-order valence-electron chi connectivity index (χ1n) is 8.38. The first-order chi connectivity index (χ1) is 12.1. The van der Waals surface area contributed by atoms with Gasteiger partial charge in [-0.2, -0.15) is 10.2 Å². The monoisotopic (exact) mass is 343 g/mol. The molecule has 0 bridgehead atoms. The van der Waals surface area contributed by atoms with Gasteiger partial charge in [0.15, 0.2) is 11.6 Å². The Labute approximate surface area is 144 Å². The first-order valence-corrected chi connectivity index (χ1v) is 8.38. The lowest BCUT2D eigenvalue weighted by atomic mass is 10.2. The fraction of sp³-hybridized carbons (Fsp3) is 0.500. The Bertz CT molecular complexity index is 957. The lowest BCUT2D eigenvalue weighted by molar-refractivity contribution is 0.118. The molecule has 0 spiro atoms. The lowest BCUT2D eigenvalue weighted by Gasteiger charge is -2.25. The zero-order chi connectivity index (χ0) is 17.6. The molecule has 0 aliphatic carbocycles. The molecule has 0 unspecified atom stereocenters. The van der Waals surface area contributed by atoms with Gasteiger partial charge in [-0.15, -0.1) is 0 Å². The summed E-state index contributed by atoms with van der Waals surface area (Å²) in [7, 11) is 1.71. The molecule has 132 valence electrons. The Morgan fingerprint density at radius 2 is 2.28 bits per heavy atom. The largest absolute Gasteiger partial charge is 0.380 e. The van der Waals surface area contributed by atoms with Crippen molar-refractivity contribution in [2.75, 3.05) is 18.6 Å². The fourth-order valence-corrected chi connectivity index (χ4v) is 3.57. The van der Waals surface area contributed by atoms with Crippen LogP contribution in [0.4, 0.5) is 5.82 Å². The summed E-state index contributed by atoms with van der Waals surface area (Å²) in [4.78, 5) is 18.9. The number of rotatable bonds is 4. The second-order valence-corrected chi connectivity index (χ2v) is 6.26. The molecule has 9 nitrogen and oxygen atoms in total. The van der Waals surface area contributed by atoms with Crippen LogP contribution in [0.2, 0.25) is 0 Å². The third-order valence-corrected chi connectivity index (χ3v) is 4.76. The number of ether oxygens (including phenoxy) is 1.